The van der Waals surface area contributed by atoms with Gasteiger partial charge in [0.15, 0.2) is 0 Å². The lowest BCUT2D eigenvalue weighted by molar-refractivity contribution is 0.731. The molecule has 0 aromatic carbocycles. The Balaban J connectivity index is 2.63. The first-order chi connectivity index (χ1) is 7.09. The molecule has 0 bridgehead atoms. The topological polar surface area (TPSA) is 43.6 Å². The van der Waals surface area contributed by atoms with Crippen LogP contribution in [0.3, 0.4) is 0 Å². The van der Waals surface area contributed by atoms with E-state index in [-0.39, 0.29) is 0 Å². The molecule has 78 valence electrons. The highest BCUT2D eigenvalue weighted by molar-refractivity contribution is 6.29. The van der Waals surface area contributed by atoms with Gasteiger partial charge in [-0.25, -0.2) is 9.97 Å². The van der Waals surface area contributed by atoms with E-state index in [1.807, 2.05) is 25.6 Å². The molecule has 2 aromatic heterocycles. The summed E-state index contributed by atoms with van der Waals surface area (Å²) in [4.78, 5) is 8.05. The van der Waals surface area contributed by atoms with E-state index in [1.54, 1.807) is 6.07 Å². The van der Waals surface area contributed by atoms with E-state index in [4.69, 9.17) is 11.6 Å². The zero-order chi connectivity index (χ0) is 11.0. The number of hydrogen-bond donors (Lipinski definition) is 0. The molecule has 2 aromatic rings. The van der Waals surface area contributed by atoms with Crippen molar-refractivity contribution >= 4 is 11.6 Å². The molecule has 0 spiro atoms. The molecule has 0 fully saturated rings. The standard InChI is InChI=1S/C10H11ClN4/c1-6-10(7(2)15(3)14-6)8-4-9(11)13-5-12-8/h4-5H,1-3H3. The molecule has 2 heterocycles. The molecular formula is C10H11ClN4. The summed E-state index contributed by atoms with van der Waals surface area (Å²) in [6.45, 7) is 3.96. The number of halogens is 1. The molecule has 0 N–H and O–H groups in total. The van der Waals surface area contributed by atoms with Gasteiger partial charge in [-0.2, -0.15) is 5.10 Å². The molecule has 0 radical (unpaired) electrons. The maximum atomic E-state index is 5.83. The third kappa shape index (κ3) is 1.72. The molecule has 0 aliphatic rings. The molecule has 0 aliphatic heterocycles. The average Bonchev–Trinajstić information content (AvgIpc) is 2.41. The molecule has 2 rings (SSSR count). The maximum absolute atomic E-state index is 5.83. The van der Waals surface area contributed by atoms with Gasteiger partial charge in [-0.1, -0.05) is 11.6 Å². The predicted octanol–water partition coefficient (Wildman–Crippen LogP) is 2.15. The smallest absolute Gasteiger partial charge is 0.133 e. The van der Waals surface area contributed by atoms with Crippen LogP contribution in [0.15, 0.2) is 12.4 Å². The predicted molar refractivity (Wildman–Crippen MR) is 58.7 cm³/mol. The summed E-state index contributed by atoms with van der Waals surface area (Å²) in [6.07, 6.45) is 1.46. The lowest BCUT2D eigenvalue weighted by Crippen LogP contribution is -1.93. The Bertz CT molecular complexity index is 504. The molecule has 0 saturated heterocycles. The van der Waals surface area contributed by atoms with Crippen LogP contribution in [0.25, 0.3) is 11.3 Å². The summed E-state index contributed by atoms with van der Waals surface area (Å²) in [5, 5.41) is 4.78. The number of rotatable bonds is 1. The zero-order valence-corrected chi connectivity index (χ0v) is 9.58. The van der Waals surface area contributed by atoms with E-state index in [1.165, 1.54) is 6.33 Å². The average molecular weight is 223 g/mol. The van der Waals surface area contributed by atoms with Crippen LogP contribution in [0.2, 0.25) is 5.15 Å². The Kier molecular flexibility index (Phi) is 2.44. The monoisotopic (exact) mass is 222 g/mol. The highest BCUT2D eigenvalue weighted by Gasteiger charge is 2.12. The van der Waals surface area contributed by atoms with Gasteiger partial charge < -0.3 is 0 Å². The fraction of sp³-hybridized carbons (Fsp3) is 0.300. The number of nitrogens with zero attached hydrogens (tertiary/aromatic N) is 4. The lowest BCUT2D eigenvalue weighted by atomic mass is 10.1. The first kappa shape index (κ1) is 10.1. The molecule has 15 heavy (non-hydrogen) atoms. The first-order valence-electron chi connectivity index (χ1n) is 4.57. The van der Waals surface area contributed by atoms with Gasteiger partial charge in [-0.3, -0.25) is 4.68 Å². The van der Waals surface area contributed by atoms with Crippen molar-refractivity contribution in [2.75, 3.05) is 0 Å². The zero-order valence-electron chi connectivity index (χ0n) is 8.82. The second-order valence-corrected chi connectivity index (χ2v) is 3.78. The van der Waals surface area contributed by atoms with Gasteiger partial charge in [-0.15, -0.1) is 0 Å². The second-order valence-electron chi connectivity index (χ2n) is 3.40. The van der Waals surface area contributed by atoms with Crippen LogP contribution in [0.4, 0.5) is 0 Å². The van der Waals surface area contributed by atoms with Gasteiger partial charge in [0, 0.05) is 24.4 Å². The van der Waals surface area contributed by atoms with Crippen LogP contribution < -0.4 is 0 Å². The Morgan fingerprint density at radius 3 is 2.53 bits per heavy atom. The minimum atomic E-state index is 0.447. The van der Waals surface area contributed by atoms with Crippen LogP contribution in [0.5, 0.6) is 0 Å². The van der Waals surface area contributed by atoms with E-state index in [9.17, 15) is 0 Å². The molecule has 5 heteroatoms. The molecule has 0 aliphatic carbocycles. The summed E-state index contributed by atoms with van der Waals surface area (Å²) in [5.74, 6) is 0. The van der Waals surface area contributed by atoms with E-state index >= 15 is 0 Å². The number of aromatic nitrogens is 4. The van der Waals surface area contributed by atoms with Crippen LogP contribution in [-0.2, 0) is 7.05 Å². The van der Waals surface area contributed by atoms with Gasteiger partial charge in [0.05, 0.1) is 11.4 Å². The van der Waals surface area contributed by atoms with Crippen molar-refractivity contribution in [3.63, 3.8) is 0 Å². The molecule has 0 unspecified atom stereocenters. The summed E-state index contributed by atoms with van der Waals surface area (Å²) < 4.78 is 1.83. The van der Waals surface area contributed by atoms with Crippen molar-refractivity contribution in [1.82, 2.24) is 19.7 Å². The molecule has 0 saturated carbocycles. The lowest BCUT2D eigenvalue weighted by Gasteiger charge is -2.00. The van der Waals surface area contributed by atoms with Crippen molar-refractivity contribution in [3.05, 3.63) is 28.9 Å². The quantitative estimate of drug-likeness (QED) is 0.695. The fourth-order valence-corrected chi connectivity index (χ4v) is 1.76. The van der Waals surface area contributed by atoms with Crippen molar-refractivity contribution < 1.29 is 0 Å². The maximum Gasteiger partial charge on any atom is 0.133 e. The summed E-state index contributed by atoms with van der Waals surface area (Å²) in [5.41, 5.74) is 3.87. The van der Waals surface area contributed by atoms with E-state index < -0.39 is 0 Å². The Labute approximate surface area is 92.9 Å². The summed E-state index contributed by atoms with van der Waals surface area (Å²) in [7, 11) is 1.91. The minimum Gasteiger partial charge on any atom is -0.272 e. The molecule has 0 amide bonds. The van der Waals surface area contributed by atoms with Crippen LogP contribution >= 0.6 is 11.6 Å². The van der Waals surface area contributed by atoms with E-state index in [0.29, 0.717) is 5.15 Å². The third-order valence-electron chi connectivity index (χ3n) is 2.40. The SMILES string of the molecule is Cc1nn(C)c(C)c1-c1cc(Cl)ncn1. The Hall–Kier alpha value is -1.42. The summed E-state index contributed by atoms with van der Waals surface area (Å²) in [6, 6.07) is 1.75. The number of aryl methyl sites for hydroxylation is 2. The van der Waals surface area contributed by atoms with Crippen molar-refractivity contribution in [2.45, 2.75) is 13.8 Å². The second kappa shape index (κ2) is 3.62. The van der Waals surface area contributed by atoms with Crippen LogP contribution in [0.1, 0.15) is 11.4 Å². The van der Waals surface area contributed by atoms with Crippen LogP contribution in [0, 0.1) is 13.8 Å². The third-order valence-corrected chi connectivity index (χ3v) is 2.61. The van der Waals surface area contributed by atoms with E-state index in [2.05, 4.69) is 15.1 Å². The normalized spacial score (nSPS) is 10.7. The first-order valence-corrected chi connectivity index (χ1v) is 4.95. The Morgan fingerprint density at radius 2 is 2.00 bits per heavy atom. The molecular weight excluding hydrogens is 212 g/mol. The Morgan fingerprint density at radius 1 is 1.27 bits per heavy atom. The largest absolute Gasteiger partial charge is 0.272 e. The van der Waals surface area contributed by atoms with Crippen molar-refractivity contribution in [2.24, 2.45) is 7.05 Å². The van der Waals surface area contributed by atoms with Gasteiger partial charge in [0.25, 0.3) is 0 Å². The molecule has 4 nitrogen and oxygen atoms in total. The fourth-order valence-electron chi connectivity index (χ4n) is 1.61. The van der Waals surface area contributed by atoms with Crippen molar-refractivity contribution in [1.29, 1.82) is 0 Å². The summed E-state index contributed by atoms with van der Waals surface area (Å²) >= 11 is 5.83. The highest BCUT2D eigenvalue weighted by atomic mass is 35.5. The molecule has 0 atom stereocenters. The minimum absolute atomic E-state index is 0.447. The van der Waals surface area contributed by atoms with Crippen molar-refractivity contribution in [3.8, 4) is 11.3 Å². The van der Waals surface area contributed by atoms with Gasteiger partial charge in [-0.05, 0) is 13.8 Å². The van der Waals surface area contributed by atoms with E-state index in [0.717, 1.165) is 22.6 Å². The van der Waals surface area contributed by atoms with Gasteiger partial charge >= 0.3 is 0 Å². The van der Waals surface area contributed by atoms with Crippen LogP contribution in [-0.4, -0.2) is 19.7 Å². The van der Waals surface area contributed by atoms with Gasteiger partial charge in [0.1, 0.15) is 11.5 Å². The van der Waals surface area contributed by atoms with Gasteiger partial charge in [0.2, 0.25) is 0 Å². The highest BCUT2D eigenvalue weighted by Crippen LogP contribution is 2.25. The number of hydrogen-bond acceptors (Lipinski definition) is 3.